The zero-order valence-electron chi connectivity index (χ0n) is 12.8. The molecule has 0 aliphatic carbocycles. The quantitative estimate of drug-likeness (QED) is 0.870. The lowest BCUT2D eigenvalue weighted by molar-refractivity contribution is 0.0936. The van der Waals surface area contributed by atoms with E-state index in [1.165, 1.54) is 22.9 Å². The SMILES string of the molecule is CSc1ncccc1C(=O)NC(C)c1cc(C)ccc1C. The minimum atomic E-state index is -0.0825. The molecule has 1 amide bonds. The highest BCUT2D eigenvalue weighted by Crippen LogP contribution is 2.21. The van der Waals surface area contributed by atoms with E-state index >= 15 is 0 Å². The molecule has 0 saturated heterocycles. The summed E-state index contributed by atoms with van der Waals surface area (Å²) in [7, 11) is 0. The van der Waals surface area contributed by atoms with Crippen molar-refractivity contribution in [2.24, 2.45) is 0 Å². The Kier molecular flexibility index (Phi) is 5.02. The summed E-state index contributed by atoms with van der Waals surface area (Å²) in [5.74, 6) is -0.0825. The largest absolute Gasteiger partial charge is 0.345 e. The van der Waals surface area contributed by atoms with E-state index < -0.39 is 0 Å². The molecule has 2 aromatic rings. The van der Waals surface area contributed by atoms with E-state index in [-0.39, 0.29) is 11.9 Å². The molecule has 1 N–H and O–H groups in total. The summed E-state index contributed by atoms with van der Waals surface area (Å²) in [6.45, 7) is 6.13. The second-order valence-corrected chi connectivity index (χ2v) is 5.91. The van der Waals surface area contributed by atoms with Crippen molar-refractivity contribution < 1.29 is 4.79 Å². The summed E-state index contributed by atoms with van der Waals surface area (Å²) < 4.78 is 0. The summed E-state index contributed by atoms with van der Waals surface area (Å²) in [5, 5.41) is 3.82. The number of carbonyl (C=O) groups excluding carboxylic acids is 1. The van der Waals surface area contributed by atoms with Gasteiger partial charge in [-0.05, 0) is 50.3 Å². The van der Waals surface area contributed by atoms with Gasteiger partial charge in [0.25, 0.3) is 5.91 Å². The molecule has 0 radical (unpaired) electrons. The van der Waals surface area contributed by atoms with E-state index in [1.54, 1.807) is 12.3 Å². The van der Waals surface area contributed by atoms with E-state index in [4.69, 9.17) is 0 Å². The van der Waals surface area contributed by atoms with Crippen molar-refractivity contribution in [1.29, 1.82) is 0 Å². The Bertz CT molecular complexity index is 655. The lowest BCUT2D eigenvalue weighted by Crippen LogP contribution is -2.27. The second kappa shape index (κ2) is 6.76. The molecule has 0 spiro atoms. The van der Waals surface area contributed by atoms with Gasteiger partial charge in [-0.1, -0.05) is 23.8 Å². The van der Waals surface area contributed by atoms with Crippen LogP contribution in [0.4, 0.5) is 0 Å². The maximum Gasteiger partial charge on any atom is 0.254 e. The Morgan fingerprint density at radius 1 is 1.29 bits per heavy atom. The zero-order chi connectivity index (χ0) is 15.4. The van der Waals surface area contributed by atoms with E-state index in [0.717, 1.165) is 10.6 Å². The summed E-state index contributed by atoms with van der Waals surface area (Å²) >= 11 is 1.48. The Morgan fingerprint density at radius 3 is 2.76 bits per heavy atom. The number of pyridine rings is 1. The first kappa shape index (κ1) is 15.6. The third-order valence-electron chi connectivity index (χ3n) is 3.46. The van der Waals surface area contributed by atoms with Crippen molar-refractivity contribution in [2.75, 3.05) is 6.26 Å². The second-order valence-electron chi connectivity index (χ2n) is 5.12. The Morgan fingerprint density at radius 2 is 2.05 bits per heavy atom. The van der Waals surface area contributed by atoms with Crippen molar-refractivity contribution in [2.45, 2.75) is 31.8 Å². The molecular weight excluding hydrogens is 280 g/mol. The molecule has 2 rings (SSSR count). The molecule has 4 heteroatoms. The standard InChI is InChI=1S/C17H20N2OS/c1-11-7-8-12(2)15(10-11)13(3)19-16(20)14-6-5-9-18-17(14)21-4/h5-10,13H,1-4H3,(H,19,20). The van der Waals surface area contributed by atoms with Crippen LogP contribution in [0.1, 0.15) is 40.0 Å². The van der Waals surface area contributed by atoms with Crippen molar-refractivity contribution in [1.82, 2.24) is 10.3 Å². The van der Waals surface area contributed by atoms with Crippen LogP contribution in [0.2, 0.25) is 0 Å². The van der Waals surface area contributed by atoms with E-state index in [9.17, 15) is 4.79 Å². The third-order valence-corrected chi connectivity index (χ3v) is 4.17. The van der Waals surface area contributed by atoms with Gasteiger partial charge in [0.1, 0.15) is 5.03 Å². The van der Waals surface area contributed by atoms with Crippen LogP contribution in [-0.4, -0.2) is 17.1 Å². The predicted octanol–water partition coefficient (Wildman–Crippen LogP) is 3.91. The number of benzene rings is 1. The number of rotatable bonds is 4. The Labute approximate surface area is 130 Å². The monoisotopic (exact) mass is 300 g/mol. The molecule has 0 fully saturated rings. The van der Waals surface area contributed by atoms with Crippen molar-refractivity contribution in [3.63, 3.8) is 0 Å². The maximum absolute atomic E-state index is 12.4. The number of aromatic nitrogens is 1. The van der Waals surface area contributed by atoms with Crippen LogP contribution in [0.5, 0.6) is 0 Å². The van der Waals surface area contributed by atoms with Crippen LogP contribution in [0, 0.1) is 13.8 Å². The summed E-state index contributed by atoms with van der Waals surface area (Å²) in [5.41, 5.74) is 4.16. The highest BCUT2D eigenvalue weighted by atomic mass is 32.2. The number of carbonyl (C=O) groups is 1. The van der Waals surface area contributed by atoms with Crippen LogP contribution >= 0.6 is 11.8 Å². The molecule has 1 heterocycles. The van der Waals surface area contributed by atoms with Gasteiger partial charge in [0, 0.05) is 6.20 Å². The molecule has 0 aliphatic rings. The number of hydrogen-bond donors (Lipinski definition) is 1. The average molecular weight is 300 g/mol. The first-order chi connectivity index (χ1) is 10.0. The van der Waals surface area contributed by atoms with Crippen LogP contribution in [0.25, 0.3) is 0 Å². The maximum atomic E-state index is 12.4. The molecule has 1 aromatic heterocycles. The zero-order valence-corrected chi connectivity index (χ0v) is 13.6. The van der Waals surface area contributed by atoms with Crippen molar-refractivity contribution >= 4 is 17.7 Å². The predicted molar refractivity (Wildman–Crippen MR) is 87.8 cm³/mol. The lowest BCUT2D eigenvalue weighted by Gasteiger charge is -2.18. The molecule has 0 saturated carbocycles. The Hall–Kier alpha value is -1.81. The molecule has 1 aromatic carbocycles. The molecule has 1 atom stereocenters. The van der Waals surface area contributed by atoms with Gasteiger partial charge in [-0.25, -0.2) is 4.98 Å². The topological polar surface area (TPSA) is 42.0 Å². The molecule has 110 valence electrons. The van der Waals surface area contributed by atoms with Gasteiger partial charge < -0.3 is 5.32 Å². The van der Waals surface area contributed by atoms with Crippen LogP contribution in [0.3, 0.4) is 0 Å². The first-order valence-corrected chi connectivity index (χ1v) is 8.12. The fourth-order valence-electron chi connectivity index (χ4n) is 2.30. The number of amides is 1. The molecule has 3 nitrogen and oxygen atoms in total. The average Bonchev–Trinajstić information content (AvgIpc) is 2.49. The highest BCUT2D eigenvalue weighted by Gasteiger charge is 2.16. The fourth-order valence-corrected chi connectivity index (χ4v) is 2.85. The van der Waals surface area contributed by atoms with E-state index in [1.807, 2.05) is 19.2 Å². The van der Waals surface area contributed by atoms with Gasteiger partial charge in [-0.15, -0.1) is 11.8 Å². The van der Waals surface area contributed by atoms with E-state index in [0.29, 0.717) is 5.56 Å². The lowest BCUT2D eigenvalue weighted by atomic mass is 10.00. The summed E-state index contributed by atoms with van der Waals surface area (Å²) in [6, 6.07) is 9.86. The van der Waals surface area contributed by atoms with E-state index in [2.05, 4.69) is 42.3 Å². The first-order valence-electron chi connectivity index (χ1n) is 6.90. The molecule has 0 bridgehead atoms. The van der Waals surface area contributed by atoms with Crippen molar-refractivity contribution in [3.8, 4) is 0 Å². The smallest absolute Gasteiger partial charge is 0.254 e. The minimum Gasteiger partial charge on any atom is -0.345 e. The van der Waals surface area contributed by atoms with Crippen LogP contribution < -0.4 is 5.32 Å². The van der Waals surface area contributed by atoms with Gasteiger partial charge in [-0.3, -0.25) is 4.79 Å². The minimum absolute atomic E-state index is 0.0349. The highest BCUT2D eigenvalue weighted by molar-refractivity contribution is 7.98. The van der Waals surface area contributed by atoms with Gasteiger partial charge in [-0.2, -0.15) is 0 Å². The Balaban J connectivity index is 2.21. The van der Waals surface area contributed by atoms with Gasteiger partial charge >= 0.3 is 0 Å². The van der Waals surface area contributed by atoms with Gasteiger partial charge in [0.05, 0.1) is 11.6 Å². The molecule has 1 unspecified atom stereocenters. The molecule has 21 heavy (non-hydrogen) atoms. The molecular formula is C17H20N2OS. The van der Waals surface area contributed by atoms with Gasteiger partial charge in [0.2, 0.25) is 0 Å². The third kappa shape index (κ3) is 3.64. The summed E-state index contributed by atoms with van der Waals surface area (Å²) in [6.07, 6.45) is 3.63. The number of nitrogens with one attached hydrogen (secondary N) is 1. The van der Waals surface area contributed by atoms with Gasteiger partial charge in [0.15, 0.2) is 0 Å². The number of thioether (sulfide) groups is 1. The number of hydrogen-bond acceptors (Lipinski definition) is 3. The van der Waals surface area contributed by atoms with Crippen molar-refractivity contribution in [3.05, 3.63) is 58.8 Å². The fraction of sp³-hybridized carbons (Fsp3) is 0.294. The van der Waals surface area contributed by atoms with Crippen LogP contribution in [-0.2, 0) is 0 Å². The number of aryl methyl sites for hydroxylation is 2. The number of nitrogens with zero attached hydrogens (tertiary/aromatic N) is 1. The van der Waals surface area contributed by atoms with Crippen LogP contribution in [0.15, 0.2) is 41.6 Å². The normalized spacial score (nSPS) is 12.0. The molecule has 0 aliphatic heterocycles. The summed E-state index contributed by atoms with van der Waals surface area (Å²) in [4.78, 5) is 16.7.